The summed E-state index contributed by atoms with van der Waals surface area (Å²) in [5.41, 5.74) is 2.29. The number of nitrogens with one attached hydrogen (secondary N) is 2. The molecule has 1 rings (SSSR count). The highest BCUT2D eigenvalue weighted by atomic mass is 16.1. The summed E-state index contributed by atoms with van der Waals surface area (Å²) in [5.74, 6) is 0.0607. The quantitative estimate of drug-likeness (QED) is 0.779. The molecule has 1 amide bonds. The number of benzene rings is 1. The van der Waals surface area contributed by atoms with Gasteiger partial charge in [0.15, 0.2) is 0 Å². The Morgan fingerprint density at radius 2 is 1.94 bits per heavy atom. The van der Waals surface area contributed by atoms with Crippen LogP contribution in [0.2, 0.25) is 0 Å². The number of carbonyl (C=O) groups excluding carboxylic acids is 1. The molecule has 0 saturated carbocycles. The molecule has 0 fully saturated rings. The second-order valence-electron chi connectivity index (χ2n) is 4.49. The predicted octanol–water partition coefficient (Wildman–Crippen LogP) is 2.97. The minimum absolute atomic E-state index is 0.0607. The van der Waals surface area contributed by atoms with Crippen molar-refractivity contribution < 1.29 is 4.79 Å². The molecule has 0 unspecified atom stereocenters. The summed E-state index contributed by atoms with van der Waals surface area (Å²) in [6.45, 7) is 6.64. The Hall–Kier alpha value is -1.51. The van der Waals surface area contributed by atoms with Gasteiger partial charge in [-0.25, -0.2) is 0 Å². The average Bonchev–Trinajstić information content (AvgIpc) is 2.42. The van der Waals surface area contributed by atoms with Crippen LogP contribution in [0.1, 0.15) is 39.2 Å². The van der Waals surface area contributed by atoms with Gasteiger partial charge >= 0.3 is 0 Å². The maximum atomic E-state index is 11.7. The van der Waals surface area contributed by atoms with E-state index in [9.17, 15) is 4.79 Å². The first-order chi connectivity index (χ1) is 8.69. The number of carbonyl (C=O) groups is 1. The Morgan fingerprint density at radius 1 is 1.22 bits per heavy atom. The monoisotopic (exact) mass is 248 g/mol. The molecule has 2 N–H and O–H groups in total. The van der Waals surface area contributed by atoms with E-state index in [-0.39, 0.29) is 5.91 Å². The van der Waals surface area contributed by atoms with Crippen LogP contribution >= 0.6 is 0 Å². The molecule has 0 heterocycles. The van der Waals surface area contributed by atoms with Crippen molar-refractivity contribution in [2.45, 2.75) is 46.1 Å². The molecule has 3 heteroatoms. The molecule has 1 aromatic rings. The van der Waals surface area contributed by atoms with Gasteiger partial charge in [-0.2, -0.15) is 0 Å². The number of hydrogen-bond acceptors (Lipinski definition) is 2. The molecular weight excluding hydrogens is 224 g/mol. The topological polar surface area (TPSA) is 41.1 Å². The minimum atomic E-state index is 0.0607. The van der Waals surface area contributed by atoms with Crippen molar-refractivity contribution in [3.05, 3.63) is 29.8 Å². The summed E-state index contributed by atoms with van der Waals surface area (Å²) >= 11 is 0. The zero-order chi connectivity index (χ0) is 13.4. The Bertz CT molecular complexity index is 373. The molecule has 0 bridgehead atoms. The van der Waals surface area contributed by atoms with E-state index in [0.29, 0.717) is 12.6 Å². The fraction of sp³-hybridized carbons (Fsp3) is 0.533. The first kappa shape index (κ1) is 14.6. The summed E-state index contributed by atoms with van der Waals surface area (Å²) in [6.07, 6.45) is 2.97. The molecule has 3 nitrogen and oxygen atoms in total. The largest absolute Gasteiger partial charge is 0.376 e. The number of hydrogen-bond donors (Lipinski definition) is 2. The van der Waals surface area contributed by atoms with Crippen LogP contribution in [0, 0.1) is 0 Å². The van der Waals surface area contributed by atoms with Crippen molar-refractivity contribution in [2.24, 2.45) is 0 Å². The summed E-state index contributed by atoms with van der Waals surface area (Å²) in [4.78, 5) is 11.7. The van der Waals surface area contributed by atoms with E-state index in [4.69, 9.17) is 0 Å². The summed E-state index contributed by atoms with van der Waals surface area (Å²) in [5, 5.41) is 6.17. The Balaban J connectivity index is 2.42. The van der Waals surface area contributed by atoms with Crippen LogP contribution in [-0.2, 0) is 11.2 Å². The van der Waals surface area contributed by atoms with E-state index >= 15 is 0 Å². The molecule has 0 aliphatic carbocycles. The summed E-state index contributed by atoms with van der Waals surface area (Å²) in [6, 6.07) is 8.48. The molecule has 1 aromatic carbocycles. The lowest BCUT2D eigenvalue weighted by Gasteiger charge is -2.15. The van der Waals surface area contributed by atoms with Gasteiger partial charge in [-0.3, -0.25) is 4.79 Å². The molecule has 0 atom stereocenters. The Kier molecular flexibility index (Phi) is 6.26. The van der Waals surface area contributed by atoms with Crippen LogP contribution in [0.3, 0.4) is 0 Å². The van der Waals surface area contributed by atoms with Crippen LogP contribution in [-0.4, -0.2) is 18.5 Å². The van der Waals surface area contributed by atoms with Gasteiger partial charge in [0.1, 0.15) is 0 Å². The van der Waals surface area contributed by atoms with Crippen molar-refractivity contribution >= 4 is 11.6 Å². The van der Waals surface area contributed by atoms with Crippen molar-refractivity contribution in [1.29, 1.82) is 0 Å². The molecule has 0 aliphatic heterocycles. The van der Waals surface area contributed by atoms with Gasteiger partial charge in [-0.15, -0.1) is 0 Å². The van der Waals surface area contributed by atoms with E-state index in [0.717, 1.165) is 24.9 Å². The highest BCUT2D eigenvalue weighted by molar-refractivity contribution is 5.80. The van der Waals surface area contributed by atoms with Crippen LogP contribution < -0.4 is 10.6 Å². The summed E-state index contributed by atoms with van der Waals surface area (Å²) < 4.78 is 0. The second-order valence-corrected chi connectivity index (χ2v) is 4.49. The van der Waals surface area contributed by atoms with E-state index < -0.39 is 0 Å². The standard InChI is InChI=1S/C15H24N2O/c1-4-12-8-7-9-14(10-12)16-11-15(18)17-13(5-2)6-3/h7-10,13,16H,4-6,11H2,1-3H3,(H,17,18). The third-order valence-corrected chi connectivity index (χ3v) is 3.14. The van der Waals surface area contributed by atoms with Gasteiger partial charge in [0, 0.05) is 11.7 Å². The smallest absolute Gasteiger partial charge is 0.239 e. The summed E-state index contributed by atoms with van der Waals surface area (Å²) in [7, 11) is 0. The third-order valence-electron chi connectivity index (χ3n) is 3.14. The average molecular weight is 248 g/mol. The van der Waals surface area contributed by atoms with E-state index in [2.05, 4.69) is 43.5 Å². The zero-order valence-electron chi connectivity index (χ0n) is 11.6. The van der Waals surface area contributed by atoms with Gasteiger partial charge in [0.2, 0.25) is 5.91 Å². The fourth-order valence-electron chi connectivity index (χ4n) is 1.86. The van der Waals surface area contributed by atoms with Crippen molar-refractivity contribution in [1.82, 2.24) is 5.32 Å². The zero-order valence-corrected chi connectivity index (χ0v) is 11.6. The normalized spacial score (nSPS) is 10.4. The molecule has 0 aliphatic rings. The van der Waals surface area contributed by atoms with Crippen molar-refractivity contribution in [2.75, 3.05) is 11.9 Å². The minimum Gasteiger partial charge on any atom is -0.376 e. The van der Waals surface area contributed by atoms with Crippen LogP contribution in [0.25, 0.3) is 0 Å². The lowest BCUT2D eigenvalue weighted by Crippen LogP contribution is -2.37. The lowest BCUT2D eigenvalue weighted by molar-refractivity contribution is -0.120. The van der Waals surface area contributed by atoms with Gasteiger partial charge < -0.3 is 10.6 Å². The van der Waals surface area contributed by atoms with Gasteiger partial charge in [-0.1, -0.05) is 32.9 Å². The molecule has 18 heavy (non-hydrogen) atoms. The number of rotatable bonds is 7. The number of aryl methyl sites for hydroxylation is 1. The van der Waals surface area contributed by atoms with Crippen LogP contribution in [0.15, 0.2) is 24.3 Å². The number of amides is 1. The van der Waals surface area contributed by atoms with E-state index in [1.165, 1.54) is 5.56 Å². The van der Waals surface area contributed by atoms with Crippen LogP contribution in [0.4, 0.5) is 5.69 Å². The second kappa shape index (κ2) is 7.75. The molecule has 100 valence electrons. The first-order valence-electron chi connectivity index (χ1n) is 6.81. The predicted molar refractivity (Wildman–Crippen MR) is 76.8 cm³/mol. The molecule has 0 radical (unpaired) electrons. The van der Waals surface area contributed by atoms with Crippen molar-refractivity contribution in [3.63, 3.8) is 0 Å². The number of anilines is 1. The maximum Gasteiger partial charge on any atom is 0.239 e. The highest BCUT2D eigenvalue weighted by Gasteiger charge is 2.07. The van der Waals surface area contributed by atoms with Gasteiger partial charge in [0.25, 0.3) is 0 Å². The van der Waals surface area contributed by atoms with E-state index in [1.807, 2.05) is 12.1 Å². The fourth-order valence-corrected chi connectivity index (χ4v) is 1.86. The maximum absolute atomic E-state index is 11.7. The lowest BCUT2D eigenvalue weighted by atomic mass is 10.1. The van der Waals surface area contributed by atoms with Gasteiger partial charge in [-0.05, 0) is 37.0 Å². The van der Waals surface area contributed by atoms with Gasteiger partial charge in [0.05, 0.1) is 6.54 Å². The van der Waals surface area contributed by atoms with E-state index in [1.54, 1.807) is 0 Å². The van der Waals surface area contributed by atoms with Crippen molar-refractivity contribution in [3.8, 4) is 0 Å². The highest BCUT2D eigenvalue weighted by Crippen LogP contribution is 2.10. The third kappa shape index (κ3) is 4.78. The molecule has 0 aromatic heterocycles. The molecule has 0 saturated heterocycles. The molecule has 0 spiro atoms. The Morgan fingerprint density at radius 3 is 2.56 bits per heavy atom. The SMILES string of the molecule is CCc1cccc(NCC(=O)NC(CC)CC)c1. The molecular formula is C15H24N2O. The Labute approximate surface area is 110 Å². The first-order valence-corrected chi connectivity index (χ1v) is 6.81. The van der Waals surface area contributed by atoms with Crippen LogP contribution in [0.5, 0.6) is 0 Å².